The number of anilines is 1. The number of benzene rings is 1. The fraction of sp³-hybridized carbons (Fsp3) is 0.333. The van der Waals surface area contributed by atoms with E-state index in [1.54, 1.807) is 12.4 Å². The first-order valence-corrected chi connectivity index (χ1v) is 6.67. The summed E-state index contributed by atoms with van der Waals surface area (Å²) in [6, 6.07) is 5.10. The lowest BCUT2D eigenvalue weighted by Gasteiger charge is -2.28. The first kappa shape index (κ1) is 12.9. The third kappa shape index (κ3) is 2.20. The number of halogens is 1. The minimum absolute atomic E-state index is 0.0797. The topological polar surface area (TPSA) is 77.1 Å². The van der Waals surface area contributed by atoms with Gasteiger partial charge in [-0.15, -0.1) is 21.8 Å². The molecule has 20 heavy (non-hydrogen) atoms. The van der Waals surface area contributed by atoms with E-state index < -0.39 is 0 Å². The van der Waals surface area contributed by atoms with Gasteiger partial charge in [-0.3, -0.25) is 10.1 Å². The van der Waals surface area contributed by atoms with Crippen molar-refractivity contribution in [3.63, 3.8) is 0 Å². The molecule has 0 atom stereocenters. The molecule has 1 aliphatic heterocycles. The van der Waals surface area contributed by atoms with E-state index in [4.69, 9.17) is 11.6 Å². The highest BCUT2D eigenvalue weighted by Crippen LogP contribution is 2.31. The average Bonchev–Trinajstić information content (AvgIpc) is 2.93. The van der Waals surface area contributed by atoms with E-state index in [0.717, 1.165) is 17.9 Å². The molecule has 0 fully saturated rings. The second-order valence-corrected chi connectivity index (χ2v) is 4.84. The summed E-state index contributed by atoms with van der Waals surface area (Å²) in [5, 5.41) is 19.1. The van der Waals surface area contributed by atoms with Crippen LogP contribution in [0.2, 0.25) is 0 Å². The van der Waals surface area contributed by atoms with Crippen LogP contribution < -0.4 is 4.90 Å². The van der Waals surface area contributed by atoms with Crippen LogP contribution in [0, 0.1) is 10.1 Å². The van der Waals surface area contributed by atoms with Gasteiger partial charge in [-0.2, -0.15) is 0 Å². The SMILES string of the molecule is O=[N+]([O-])c1cc(CCl)ccc1N1CCn2cnnc2C1. The van der Waals surface area contributed by atoms with Crippen LogP contribution in [0.1, 0.15) is 11.4 Å². The molecule has 0 radical (unpaired) electrons. The Hall–Kier alpha value is -2.15. The fourth-order valence-electron chi connectivity index (χ4n) is 2.34. The molecule has 7 nitrogen and oxygen atoms in total. The summed E-state index contributed by atoms with van der Waals surface area (Å²) in [4.78, 5) is 12.8. The molecule has 0 saturated carbocycles. The molecule has 2 heterocycles. The van der Waals surface area contributed by atoms with E-state index in [0.29, 0.717) is 18.8 Å². The summed E-state index contributed by atoms with van der Waals surface area (Å²) >= 11 is 5.74. The highest BCUT2D eigenvalue weighted by Gasteiger charge is 2.24. The van der Waals surface area contributed by atoms with Crippen LogP contribution >= 0.6 is 11.6 Å². The van der Waals surface area contributed by atoms with Gasteiger partial charge in [0.05, 0.1) is 11.5 Å². The van der Waals surface area contributed by atoms with Crippen molar-refractivity contribution >= 4 is 23.0 Å². The molecule has 3 rings (SSSR count). The Morgan fingerprint density at radius 1 is 1.40 bits per heavy atom. The molecule has 104 valence electrons. The number of nitro groups is 1. The Bertz CT molecular complexity index is 657. The van der Waals surface area contributed by atoms with Gasteiger partial charge in [0, 0.05) is 25.0 Å². The van der Waals surface area contributed by atoms with E-state index in [1.807, 2.05) is 15.5 Å². The lowest BCUT2D eigenvalue weighted by atomic mass is 10.1. The molecule has 2 aromatic rings. The van der Waals surface area contributed by atoms with Crippen molar-refractivity contribution in [1.29, 1.82) is 0 Å². The Labute approximate surface area is 119 Å². The predicted octanol–water partition coefficient (Wildman–Crippen LogP) is 1.95. The maximum Gasteiger partial charge on any atom is 0.292 e. The molecule has 0 unspecified atom stereocenters. The standard InChI is InChI=1S/C12H12ClN5O2/c13-6-9-1-2-10(11(5-9)18(19)20)16-3-4-17-8-14-15-12(17)7-16/h1-2,5,8H,3-4,6-7H2. The van der Waals surface area contributed by atoms with Gasteiger partial charge >= 0.3 is 0 Å². The zero-order valence-electron chi connectivity index (χ0n) is 10.6. The molecule has 8 heteroatoms. The van der Waals surface area contributed by atoms with Gasteiger partial charge in [-0.25, -0.2) is 0 Å². The number of fused-ring (bicyclic) bond motifs is 1. The molecular weight excluding hydrogens is 282 g/mol. The van der Waals surface area contributed by atoms with E-state index in [9.17, 15) is 10.1 Å². The number of nitrogens with zero attached hydrogens (tertiary/aromatic N) is 5. The predicted molar refractivity (Wildman–Crippen MR) is 73.7 cm³/mol. The van der Waals surface area contributed by atoms with Crippen LogP contribution in [0.15, 0.2) is 24.5 Å². The van der Waals surface area contributed by atoms with Crippen LogP contribution in [0.25, 0.3) is 0 Å². The number of aromatic nitrogens is 3. The van der Waals surface area contributed by atoms with Crippen molar-refractivity contribution in [3.05, 3.63) is 46.0 Å². The zero-order valence-corrected chi connectivity index (χ0v) is 11.3. The monoisotopic (exact) mass is 293 g/mol. The Kier molecular flexibility index (Phi) is 3.27. The number of rotatable bonds is 3. The molecule has 0 saturated heterocycles. The van der Waals surface area contributed by atoms with E-state index in [2.05, 4.69) is 10.2 Å². The van der Waals surface area contributed by atoms with Gasteiger partial charge in [0.1, 0.15) is 12.0 Å². The molecule has 0 bridgehead atoms. The normalized spacial score (nSPS) is 14.2. The van der Waals surface area contributed by atoms with Crippen molar-refractivity contribution in [2.75, 3.05) is 11.4 Å². The highest BCUT2D eigenvalue weighted by atomic mass is 35.5. The van der Waals surface area contributed by atoms with Crippen molar-refractivity contribution in [1.82, 2.24) is 14.8 Å². The van der Waals surface area contributed by atoms with Crippen molar-refractivity contribution in [3.8, 4) is 0 Å². The summed E-state index contributed by atoms with van der Waals surface area (Å²) in [7, 11) is 0. The second-order valence-electron chi connectivity index (χ2n) is 4.58. The summed E-state index contributed by atoms with van der Waals surface area (Å²) < 4.78 is 1.95. The maximum absolute atomic E-state index is 11.2. The third-order valence-corrected chi connectivity index (χ3v) is 3.68. The smallest absolute Gasteiger partial charge is 0.292 e. The van der Waals surface area contributed by atoms with Gasteiger partial charge in [-0.05, 0) is 11.6 Å². The van der Waals surface area contributed by atoms with Crippen LogP contribution in [0.3, 0.4) is 0 Å². The molecule has 1 aliphatic rings. The van der Waals surface area contributed by atoms with Gasteiger partial charge in [0.2, 0.25) is 0 Å². The quantitative estimate of drug-likeness (QED) is 0.491. The van der Waals surface area contributed by atoms with Gasteiger partial charge in [-0.1, -0.05) is 6.07 Å². The first-order chi connectivity index (χ1) is 9.69. The molecule has 0 N–H and O–H groups in total. The lowest BCUT2D eigenvalue weighted by molar-refractivity contribution is -0.384. The van der Waals surface area contributed by atoms with E-state index in [-0.39, 0.29) is 16.5 Å². The number of nitro benzene ring substituents is 1. The van der Waals surface area contributed by atoms with Gasteiger partial charge in [0.25, 0.3) is 5.69 Å². The largest absolute Gasteiger partial charge is 0.357 e. The lowest BCUT2D eigenvalue weighted by Crippen LogP contribution is -2.34. The molecule has 0 spiro atoms. The van der Waals surface area contributed by atoms with E-state index in [1.165, 1.54) is 6.07 Å². The molecule has 1 aromatic carbocycles. The van der Waals surface area contributed by atoms with E-state index >= 15 is 0 Å². The summed E-state index contributed by atoms with van der Waals surface area (Å²) in [5.74, 6) is 1.07. The Morgan fingerprint density at radius 2 is 2.25 bits per heavy atom. The zero-order chi connectivity index (χ0) is 14.1. The Balaban J connectivity index is 1.96. The highest BCUT2D eigenvalue weighted by molar-refractivity contribution is 6.17. The number of alkyl halides is 1. The minimum atomic E-state index is -0.370. The number of hydrogen-bond acceptors (Lipinski definition) is 5. The van der Waals surface area contributed by atoms with Crippen LogP contribution in [-0.4, -0.2) is 26.2 Å². The van der Waals surface area contributed by atoms with Crippen LogP contribution in [-0.2, 0) is 19.0 Å². The summed E-state index contributed by atoms with van der Waals surface area (Å²) in [6.07, 6.45) is 1.68. The minimum Gasteiger partial charge on any atom is -0.357 e. The summed E-state index contributed by atoms with van der Waals surface area (Å²) in [5.41, 5.74) is 1.41. The van der Waals surface area contributed by atoms with Crippen molar-refractivity contribution in [2.24, 2.45) is 0 Å². The number of hydrogen-bond donors (Lipinski definition) is 0. The van der Waals surface area contributed by atoms with Gasteiger partial charge in [0.15, 0.2) is 5.82 Å². The van der Waals surface area contributed by atoms with Gasteiger partial charge < -0.3 is 9.47 Å². The first-order valence-electron chi connectivity index (χ1n) is 6.14. The molecular formula is C12H12ClN5O2. The maximum atomic E-state index is 11.2. The Morgan fingerprint density at radius 3 is 3.00 bits per heavy atom. The van der Waals surface area contributed by atoms with Crippen molar-refractivity contribution < 1.29 is 4.92 Å². The van der Waals surface area contributed by atoms with Crippen LogP contribution in [0.5, 0.6) is 0 Å². The molecule has 1 aromatic heterocycles. The molecule has 0 aliphatic carbocycles. The van der Waals surface area contributed by atoms with Crippen molar-refractivity contribution in [2.45, 2.75) is 19.0 Å². The van der Waals surface area contributed by atoms with Crippen LogP contribution in [0.4, 0.5) is 11.4 Å². The third-order valence-electron chi connectivity index (χ3n) is 3.37. The average molecular weight is 294 g/mol. The molecule has 0 amide bonds. The summed E-state index contributed by atoms with van der Waals surface area (Å²) in [6.45, 7) is 1.92. The fourth-order valence-corrected chi connectivity index (χ4v) is 2.50. The second kappa shape index (κ2) is 5.09.